The van der Waals surface area contributed by atoms with Gasteiger partial charge in [-0.2, -0.15) is 0 Å². The molecule has 1 aliphatic carbocycles. The Hall–Kier alpha value is -6.79. The van der Waals surface area contributed by atoms with Crippen molar-refractivity contribution in [3.8, 4) is 22.6 Å². The quantitative estimate of drug-likeness (QED) is 0.155. The standard InChI is InChI=1S/C48H38N4O2/c1-3-13-31(14-4-1)33-17-11-19-35(25-33)42-30-43(36-20-12-18-34(26-36)32-15-5-2-6-16-32)50-46(49-42)37-27-38(47-51-40-21-7-9-23-44(40)53-47)29-39(28-37)48-52-41-22-8-10-24-45(41)54-48/h1-11,13-17,19-30,46-48,50-52H,12,18H2. The van der Waals surface area contributed by atoms with Gasteiger partial charge in [0.05, 0.1) is 17.1 Å². The van der Waals surface area contributed by atoms with Crippen molar-refractivity contribution < 1.29 is 9.47 Å². The Morgan fingerprint density at radius 3 is 1.74 bits per heavy atom. The van der Waals surface area contributed by atoms with Crippen LogP contribution in [-0.2, 0) is 0 Å². The average Bonchev–Trinajstić information content (AvgIpc) is 3.90. The van der Waals surface area contributed by atoms with Crippen LogP contribution < -0.4 is 25.4 Å². The van der Waals surface area contributed by atoms with Gasteiger partial charge in [0.15, 0.2) is 12.5 Å². The van der Waals surface area contributed by atoms with E-state index in [0.717, 1.165) is 74.9 Å². The maximum atomic E-state index is 6.47. The SMILES string of the molecule is C1=C(C2=CC(c3cccc(-c4ccccc4)c3)=NC(c3cc(C4Nc5ccccc5O4)cc(C4Nc5ccccc5O4)c3)N2)C=C(c2ccccc2)CC1. The normalized spacial score (nSPS) is 19.6. The van der Waals surface area contributed by atoms with Crippen LogP contribution in [0, 0.1) is 0 Å². The van der Waals surface area contributed by atoms with Crippen LogP contribution in [0.25, 0.3) is 16.7 Å². The van der Waals surface area contributed by atoms with E-state index in [1.807, 2.05) is 48.5 Å². The van der Waals surface area contributed by atoms with Gasteiger partial charge in [-0.1, -0.05) is 109 Å². The summed E-state index contributed by atoms with van der Waals surface area (Å²) in [5.41, 5.74) is 14.0. The number of allylic oxidation sites excluding steroid dienone is 4. The maximum absolute atomic E-state index is 6.47. The molecule has 6 heteroatoms. The van der Waals surface area contributed by atoms with E-state index < -0.39 is 0 Å². The molecule has 3 N–H and O–H groups in total. The van der Waals surface area contributed by atoms with Crippen LogP contribution in [-0.4, -0.2) is 5.71 Å². The number of hydrogen-bond acceptors (Lipinski definition) is 6. The number of fused-ring (bicyclic) bond motifs is 2. The predicted molar refractivity (Wildman–Crippen MR) is 217 cm³/mol. The van der Waals surface area contributed by atoms with Crippen molar-refractivity contribution in [2.45, 2.75) is 31.5 Å². The molecular formula is C48H38N4O2. The van der Waals surface area contributed by atoms with E-state index in [-0.39, 0.29) is 18.6 Å². The van der Waals surface area contributed by atoms with Gasteiger partial charge < -0.3 is 25.4 Å². The van der Waals surface area contributed by atoms with Crippen molar-refractivity contribution in [2.24, 2.45) is 4.99 Å². The van der Waals surface area contributed by atoms with E-state index in [1.54, 1.807) is 0 Å². The lowest BCUT2D eigenvalue weighted by Gasteiger charge is -2.28. The second kappa shape index (κ2) is 13.6. The first-order chi connectivity index (χ1) is 26.7. The minimum atomic E-state index is -0.386. The molecule has 0 aromatic heterocycles. The molecule has 0 fully saturated rings. The Balaban J connectivity index is 1.08. The summed E-state index contributed by atoms with van der Waals surface area (Å²) < 4.78 is 12.9. The molecule has 0 bridgehead atoms. The summed E-state index contributed by atoms with van der Waals surface area (Å²) in [6, 6.07) is 52.6. The van der Waals surface area contributed by atoms with Crippen LogP contribution in [0.3, 0.4) is 0 Å². The topological polar surface area (TPSA) is 66.9 Å². The fourth-order valence-corrected chi connectivity index (χ4v) is 7.71. The number of para-hydroxylation sites is 4. The van der Waals surface area contributed by atoms with Gasteiger partial charge in [0, 0.05) is 22.4 Å². The zero-order valence-corrected chi connectivity index (χ0v) is 29.6. The van der Waals surface area contributed by atoms with Gasteiger partial charge in [-0.05, 0) is 107 Å². The molecule has 0 radical (unpaired) electrons. The van der Waals surface area contributed by atoms with Crippen LogP contribution in [0.15, 0.2) is 186 Å². The lowest BCUT2D eigenvalue weighted by Crippen LogP contribution is -2.27. The van der Waals surface area contributed by atoms with E-state index >= 15 is 0 Å². The summed E-state index contributed by atoms with van der Waals surface area (Å²) in [5.74, 6) is 1.67. The Bertz CT molecular complexity index is 2380. The highest BCUT2D eigenvalue weighted by Crippen LogP contribution is 2.42. The van der Waals surface area contributed by atoms with E-state index in [1.165, 1.54) is 22.3 Å². The third-order valence-corrected chi connectivity index (χ3v) is 10.4. The molecule has 3 unspecified atom stereocenters. The molecule has 262 valence electrons. The second-order valence-electron chi connectivity index (χ2n) is 14.0. The number of nitrogens with one attached hydrogen (secondary N) is 3. The average molecular weight is 703 g/mol. The highest BCUT2D eigenvalue weighted by atomic mass is 16.5. The third kappa shape index (κ3) is 6.22. The van der Waals surface area contributed by atoms with Gasteiger partial charge in [0.2, 0.25) is 0 Å². The second-order valence-corrected chi connectivity index (χ2v) is 14.0. The first-order valence-electron chi connectivity index (χ1n) is 18.6. The van der Waals surface area contributed by atoms with Gasteiger partial charge in [-0.25, -0.2) is 0 Å². The summed E-state index contributed by atoms with van der Waals surface area (Å²) in [4.78, 5) is 5.45. The van der Waals surface area contributed by atoms with Crippen LogP contribution >= 0.6 is 0 Å². The number of benzene rings is 6. The van der Waals surface area contributed by atoms with E-state index in [9.17, 15) is 0 Å². The van der Waals surface area contributed by atoms with Crippen LogP contribution in [0.1, 0.15) is 59.3 Å². The monoisotopic (exact) mass is 702 g/mol. The Kier molecular flexibility index (Phi) is 8.06. The molecule has 3 atom stereocenters. The first kappa shape index (κ1) is 31.9. The molecule has 3 aliphatic heterocycles. The number of nitrogens with zero attached hydrogens (tertiary/aromatic N) is 1. The molecule has 0 saturated heterocycles. The molecule has 54 heavy (non-hydrogen) atoms. The number of rotatable bonds is 7. The summed E-state index contributed by atoms with van der Waals surface area (Å²) in [5, 5.41) is 11.0. The molecule has 3 heterocycles. The van der Waals surface area contributed by atoms with Crippen LogP contribution in [0.4, 0.5) is 11.4 Å². The maximum Gasteiger partial charge on any atom is 0.196 e. The van der Waals surface area contributed by atoms with Crippen LogP contribution in [0.5, 0.6) is 11.5 Å². The highest BCUT2D eigenvalue weighted by molar-refractivity contribution is 6.10. The van der Waals surface area contributed by atoms with Gasteiger partial charge in [-0.3, -0.25) is 4.99 Å². The molecule has 4 aliphatic rings. The summed E-state index contributed by atoms with van der Waals surface area (Å²) in [6.45, 7) is 0. The lowest BCUT2D eigenvalue weighted by molar-refractivity contribution is 0.252. The Labute approximate surface area is 315 Å². The van der Waals surface area contributed by atoms with Crippen LogP contribution in [0.2, 0.25) is 0 Å². The van der Waals surface area contributed by atoms with Crippen molar-refractivity contribution in [3.63, 3.8) is 0 Å². The minimum Gasteiger partial charge on any atom is -0.464 e. The van der Waals surface area contributed by atoms with Gasteiger partial charge in [-0.15, -0.1) is 0 Å². The van der Waals surface area contributed by atoms with Crippen molar-refractivity contribution in [1.29, 1.82) is 0 Å². The third-order valence-electron chi connectivity index (χ3n) is 10.4. The first-order valence-corrected chi connectivity index (χ1v) is 18.6. The highest BCUT2D eigenvalue weighted by Gasteiger charge is 2.30. The van der Waals surface area contributed by atoms with Crippen molar-refractivity contribution in [1.82, 2.24) is 5.32 Å². The zero-order chi connectivity index (χ0) is 35.8. The van der Waals surface area contributed by atoms with E-state index in [4.69, 9.17) is 14.5 Å². The lowest BCUT2D eigenvalue weighted by atomic mass is 9.91. The summed E-state index contributed by atoms with van der Waals surface area (Å²) in [6.07, 6.45) is 7.73. The largest absolute Gasteiger partial charge is 0.464 e. The molecule has 0 spiro atoms. The zero-order valence-electron chi connectivity index (χ0n) is 29.6. The molecule has 0 saturated carbocycles. The molecule has 10 rings (SSSR count). The van der Waals surface area contributed by atoms with Gasteiger partial charge >= 0.3 is 0 Å². The van der Waals surface area contributed by atoms with Crippen molar-refractivity contribution >= 4 is 22.7 Å². The fraction of sp³-hybridized carbons (Fsp3) is 0.104. The smallest absolute Gasteiger partial charge is 0.196 e. The van der Waals surface area contributed by atoms with Crippen molar-refractivity contribution in [2.75, 3.05) is 10.6 Å². The molecule has 6 aromatic rings. The Morgan fingerprint density at radius 1 is 0.500 bits per heavy atom. The molecule has 6 nitrogen and oxygen atoms in total. The number of ether oxygens (including phenoxy) is 2. The predicted octanol–water partition coefficient (Wildman–Crippen LogP) is 11.1. The molecule has 6 aromatic carbocycles. The number of anilines is 2. The summed E-state index contributed by atoms with van der Waals surface area (Å²) in [7, 11) is 0. The number of hydrogen-bond donors (Lipinski definition) is 3. The minimum absolute atomic E-state index is 0.369. The molecular weight excluding hydrogens is 665 g/mol. The van der Waals surface area contributed by atoms with E-state index in [2.05, 4.69) is 137 Å². The summed E-state index contributed by atoms with van der Waals surface area (Å²) >= 11 is 0. The fourth-order valence-electron chi connectivity index (χ4n) is 7.71. The van der Waals surface area contributed by atoms with Gasteiger partial charge in [0.25, 0.3) is 0 Å². The molecule has 0 amide bonds. The van der Waals surface area contributed by atoms with Gasteiger partial charge in [0.1, 0.15) is 17.7 Å². The Morgan fingerprint density at radius 2 is 1.07 bits per heavy atom. The van der Waals surface area contributed by atoms with E-state index in [0.29, 0.717) is 0 Å². The number of aliphatic imine (C=N–C) groups is 1. The van der Waals surface area contributed by atoms with Crippen molar-refractivity contribution in [3.05, 3.63) is 209 Å².